The van der Waals surface area contributed by atoms with Crippen LogP contribution >= 0.6 is 57.4 Å². The Morgan fingerprint density at radius 1 is 0.450 bits per heavy atom. The highest BCUT2D eigenvalue weighted by Gasteiger charge is 2.46. The smallest absolute Gasteiger partial charge is 0.326 e. The zero-order chi connectivity index (χ0) is 80.5. The van der Waals surface area contributed by atoms with Gasteiger partial charge in [-0.1, -0.05) is 188 Å². The maximum absolute atomic E-state index is 14.3. The van der Waals surface area contributed by atoms with Gasteiger partial charge in [0.05, 0.1) is 6.10 Å². The molecule has 0 aromatic heterocycles. The third-order valence-electron chi connectivity index (χ3n) is 20.2. The predicted octanol–water partition coefficient (Wildman–Crippen LogP) is 17.0. The van der Waals surface area contributed by atoms with Crippen molar-refractivity contribution >= 4 is 105 Å². The zero-order valence-corrected chi connectivity index (χ0v) is 70.3. The summed E-state index contributed by atoms with van der Waals surface area (Å²) in [6.07, 6.45) is 11.7. The number of hydrogen-bond acceptors (Lipinski definition) is 17. The number of ketones is 1. The van der Waals surface area contributed by atoms with Gasteiger partial charge in [-0.2, -0.15) is 11.8 Å². The van der Waals surface area contributed by atoms with E-state index in [-0.39, 0.29) is 83.9 Å². The minimum absolute atomic E-state index is 0.0358. The zero-order valence-electron chi connectivity index (χ0n) is 65.2. The number of hydrogen-bond donors (Lipinski definition) is 4. The van der Waals surface area contributed by atoms with Crippen LogP contribution in [0.2, 0.25) is 0 Å². The van der Waals surface area contributed by atoms with E-state index in [1.165, 1.54) is 68.6 Å². The molecular formula is C84H116N3O18P3S3. The first-order chi connectivity index (χ1) is 53.0. The molecule has 4 aliphatic rings. The van der Waals surface area contributed by atoms with E-state index in [1.807, 2.05) is 165 Å². The summed E-state index contributed by atoms with van der Waals surface area (Å²) in [6.45, 7) is 11.8. The van der Waals surface area contributed by atoms with Gasteiger partial charge >= 0.3 is 23.9 Å². The van der Waals surface area contributed by atoms with Crippen LogP contribution in [0.25, 0.3) is 0 Å². The van der Waals surface area contributed by atoms with Gasteiger partial charge in [0.25, 0.3) is 0 Å². The van der Waals surface area contributed by atoms with Crippen molar-refractivity contribution in [3.63, 3.8) is 0 Å². The Hall–Kier alpha value is -6.32. The molecule has 1 saturated carbocycles. The molecule has 5 aromatic carbocycles. The molecule has 4 N–H and O–H groups in total. The molecule has 3 aliphatic heterocycles. The molecular weight excluding hydrogens is 1530 g/mol. The lowest BCUT2D eigenvalue weighted by Crippen LogP contribution is -2.42. The fourth-order valence-corrected chi connectivity index (χ4v) is 24.4. The monoisotopic (exact) mass is 1640 g/mol. The van der Waals surface area contributed by atoms with Crippen LogP contribution in [0, 0.1) is 11.8 Å². The Bertz CT molecular complexity index is 3880. The Balaban J connectivity index is 0.000000233. The summed E-state index contributed by atoms with van der Waals surface area (Å²) in [5.74, 6) is -5.40. The number of carbonyl (C=O) groups excluding carboxylic acids is 5. The number of thioether (sulfide) groups is 3. The Kier molecular flexibility index (Phi) is 38.8. The number of benzene rings is 5. The van der Waals surface area contributed by atoms with Crippen LogP contribution in [-0.2, 0) is 85.1 Å². The number of esters is 1. The van der Waals surface area contributed by atoms with E-state index in [0.717, 1.165) is 66.7 Å². The van der Waals surface area contributed by atoms with Crippen molar-refractivity contribution in [2.24, 2.45) is 11.8 Å². The summed E-state index contributed by atoms with van der Waals surface area (Å²) in [7, 11) is -10.8. The molecule has 27 heteroatoms. The van der Waals surface area contributed by atoms with Crippen LogP contribution in [0.4, 0.5) is 0 Å². The summed E-state index contributed by atoms with van der Waals surface area (Å²) < 4.78 is 58.8. The fraction of sp³-hybridized carbons (Fsp3) is 0.548. The molecule has 9 rings (SSSR count). The highest BCUT2D eigenvalue weighted by atomic mass is 32.2. The van der Waals surface area contributed by atoms with Crippen LogP contribution in [0.5, 0.6) is 0 Å². The average Bonchev–Trinajstić information content (AvgIpc) is 1.75. The van der Waals surface area contributed by atoms with Crippen LogP contribution in [0.3, 0.4) is 0 Å². The van der Waals surface area contributed by atoms with Crippen LogP contribution in [0.15, 0.2) is 161 Å². The van der Waals surface area contributed by atoms with Gasteiger partial charge in [-0.25, -0.2) is 14.4 Å². The van der Waals surface area contributed by atoms with Gasteiger partial charge in [0.2, 0.25) is 46.1 Å². The van der Waals surface area contributed by atoms with Crippen LogP contribution in [0.1, 0.15) is 167 Å². The van der Waals surface area contributed by atoms with Gasteiger partial charge in [-0.15, -0.1) is 23.5 Å². The van der Waals surface area contributed by atoms with Crippen molar-refractivity contribution in [1.82, 2.24) is 14.7 Å². The molecule has 3 unspecified atom stereocenters. The Morgan fingerprint density at radius 2 is 0.820 bits per heavy atom. The van der Waals surface area contributed by atoms with E-state index < -0.39 is 107 Å². The minimum atomic E-state index is -3.66. The molecule has 11 atom stereocenters. The highest BCUT2D eigenvalue weighted by Crippen LogP contribution is 2.53. The van der Waals surface area contributed by atoms with Crippen molar-refractivity contribution < 1.29 is 86.0 Å². The van der Waals surface area contributed by atoms with Gasteiger partial charge in [0.15, 0.2) is 0 Å². The summed E-state index contributed by atoms with van der Waals surface area (Å²) in [5, 5.41) is 29.8. The quantitative estimate of drug-likeness (QED) is 0.0122. The van der Waals surface area contributed by atoms with E-state index in [9.17, 15) is 72.3 Å². The molecule has 111 heavy (non-hydrogen) atoms. The van der Waals surface area contributed by atoms with Gasteiger partial charge in [0.1, 0.15) is 42.4 Å². The van der Waals surface area contributed by atoms with Crippen molar-refractivity contribution in [1.29, 1.82) is 0 Å². The van der Waals surface area contributed by atoms with Crippen molar-refractivity contribution in [2.75, 3.05) is 56.6 Å². The average molecular weight is 1640 g/mol. The van der Waals surface area contributed by atoms with E-state index in [1.54, 1.807) is 27.7 Å². The molecule has 0 radical (unpaired) electrons. The molecule has 0 spiro atoms. The van der Waals surface area contributed by atoms with E-state index in [4.69, 9.17) is 13.8 Å². The Morgan fingerprint density at radius 3 is 1.20 bits per heavy atom. The molecule has 1 aliphatic carbocycles. The molecule has 5 aromatic rings. The SMILES string of the molecule is CCC(=O)C[C@H](OP(=O)(CCCCc1ccccc1)CC(=O)N1C[C@H](SC2CCCCC2)C[C@H]1C(=O)O)C(C)C.CCC(=O)O[C@H](OP(=O)(CCCCc1ccccc1)CC(=O)N1C[C@H](Sc2ccccc2)C[C@H]1C(=O)O)C(C)C.O=C(O)[C@@H]1C[C@@H](Sc2ccccc2)CN1C(=O)CP(=O)(O)CCCCc1ccccc1. The largest absolute Gasteiger partial charge is 0.480 e. The van der Waals surface area contributed by atoms with Gasteiger partial charge in [-0.3, -0.25) is 42.2 Å². The second-order valence-electron chi connectivity index (χ2n) is 30.0. The summed E-state index contributed by atoms with van der Waals surface area (Å²) in [4.78, 5) is 117. The van der Waals surface area contributed by atoms with Gasteiger partial charge in [0, 0.05) is 94.1 Å². The molecule has 608 valence electrons. The normalized spacial score (nSPS) is 20.6. The second kappa shape index (κ2) is 46.9. The van der Waals surface area contributed by atoms with Gasteiger partial charge < -0.3 is 44.2 Å². The first-order valence-electron chi connectivity index (χ1n) is 39.4. The molecule has 0 bridgehead atoms. The second-order valence-corrected chi connectivity index (χ2v) is 42.0. The lowest BCUT2D eigenvalue weighted by Gasteiger charge is -2.29. The van der Waals surface area contributed by atoms with E-state index in [0.29, 0.717) is 56.7 Å². The lowest BCUT2D eigenvalue weighted by molar-refractivity contribution is -0.169. The first-order valence-corrected chi connectivity index (χ1v) is 48.1. The number of carboxylic acid groups (broad SMARTS) is 3. The van der Waals surface area contributed by atoms with Crippen molar-refractivity contribution in [3.8, 4) is 0 Å². The number of nitrogens with zero attached hydrogens (tertiary/aromatic N) is 3. The minimum Gasteiger partial charge on any atom is -0.480 e. The summed E-state index contributed by atoms with van der Waals surface area (Å²) >= 11 is 4.90. The molecule has 3 heterocycles. The number of rotatable bonds is 41. The number of ether oxygens (including phenoxy) is 1. The van der Waals surface area contributed by atoms with Crippen LogP contribution in [-0.4, -0.2) is 190 Å². The van der Waals surface area contributed by atoms with E-state index in [2.05, 4.69) is 12.1 Å². The molecule has 4 fully saturated rings. The molecule has 3 saturated heterocycles. The number of carboxylic acids is 3. The number of Topliss-reactive ketones (excluding diaryl/α,β-unsaturated/α-hetero) is 1. The maximum atomic E-state index is 14.3. The number of aliphatic carboxylic acids is 3. The summed E-state index contributed by atoms with van der Waals surface area (Å²) in [6, 6.07) is 46.4. The third-order valence-corrected chi connectivity index (χ3v) is 30.8. The third kappa shape index (κ3) is 32.1. The number of amides is 3. The lowest BCUT2D eigenvalue weighted by atomic mass is 10.0. The maximum Gasteiger partial charge on any atom is 0.326 e. The summed E-state index contributed by atoms with van der Waals surface area (Å²) in [5.41, 5.74) is 3.54. The fourth-order valence-electron chi connectivity index (χ4n) is 14.0. The Labute approximate surface area is 669 Å². The first kappa shape index (κ1) is 91.9. The van der Waals surface area contributed by atoms with Gasteiger partial charge in [-0.05, 0) is 137 Å². The van der Waals surface area contributed by atoms with Crippen molar-refractivity contribution in [3.05, 3.63) is 168 Å². The molecule has 3 amide bonds. The number of carbonyl (C=O) groups is 8. The van der Waals surface area contributed by atoms with Crippen LogP contribution < -0.4 is 0 Å². The number of likely N-dealkylation sites (tertiary alicyclic amines) is 3. The van der Waals surface area contributed by atoms with E-state index >= 15 is 0 Å². The topological polar surface area (TPSA) is 306 Å². The number of aryl methyl sites for hydroxylation is 3. The molecule has 21 nitrogen and oxygen atoms in total. The van der Waals surface area contributed by atoms with Crippen molar-refractivity contribution in [2.45, 2.75) is 231 Å². The highest BCUT2D eigenvalue weighted by molar-refractivity contribution is 8.00. The number of unbranched alkanes of at least 4 members (excludes halogenated alkanes) is 3. The predicted molar refractivity (Wildman–Crippen MR) is 442 cm³/mol. The standard InChI is InChI=1S/C31H48NO6PS.C30H40NO7PS.C23H28NO5PS/c1-4-25(33)19-29(23(2)3)38-39(37,18-12-11-15-24-13-7-5-8-14-24)22-30(34)32-21-27(20-28(32)31(35)36)40-26-16-9-6-10-17-26;1-4-28(33)37-30(22(2)3)38-39(36,18-12-11-15-23-13-7-5-8-14-23)21-27(32)31-20-25(19-26(31)29(34)35)40-24-16-9-6-10-17-24;25-22(17-30(28,29)14-8-7-11-18-9-3-1-4-10-18)24-16-20(15-21(24)23(26)27)31-19-12-5-2-6-13-19/h5,7-8,13-14,23,26-29H,4,6,9-12,15-22H2,1-3H3,(H,35,36);5-10,13-14,16-17,22,25-26,30H,4,11-12,15,18-21H2,1-3H3,(H,34,35);1-6,9-10,12-13,20-21H,7-8,11,14-17H2,(H,26,27)(H,28,29)/t27-,28+,29+,39?;25-,26+,30-,39?;20-,21+/m111/s1.